The second-order valence-corrected chi connectivity index (χ2v) is 9.03. The molecule has 1 heterocycles. The van der Waals surface area contributed by atoms with Gasteiger partial charge < -0.3 is 45.4 Å². The van der Waals surface area contributed by atoms with E-state index in [0.29, 0.717) is 16.9 Å². The first-order valence-corrected chi connectivity index (χ1v) is 11.3. The van der Waals surface area contributed by atoms with Crippen LogP contribution in [0, 0.1) is 6.92 Å². The van der Waals surface area contributed by atoms with E-state index in [4.69, 9.17) is 9.47 Å². The van der Waals surface area contributed by atoms with Crippen LogP contribution in [-0.2, 0) is 4.74 Å². The van der Waals surface area contributed by atoms with Crippen LogP contribution in [0.5, 0.6) is 5.75 Å². The first kappa shape index (κ1) is 27.0. The summed E-state index contributed by atoms with van der Waals surface area (Å²) < 4.78 is 11.3. The third kappa shape index (κ3) is 5.81. The third-order valence-corrected chi connectivity index (χ3v) is 6.22. The molecule has 192 valence electrons. The van der Waals surface area contributed by atoms with E-state index < -0.39 is 61.5 Å². The highest BCUT2D eigenvalue weighted by atomic mass is 16.7. The molecule has 0 saturated carbocycles. The van der Waals surface area contributed by atoms with Crippen molar-refractivity contribution in [1.82, 2.24) is 5.32 Å². The summed E-state index contributed by atoms with van der Waals surface area (Å²) in [6.45, 7) is 3.58. The highest BCUT2D eigenvalue weighted by Crippen LogP contribution is 2.34. The van der Waals surface area contributed by atoms with Crippen molar-refractivity contribution in [3.8, 4) is 16.9 Å². The van der Waals surface area contributed by atoms with Gasteiger partial charge in [-0.05, 0) is 61.7 Å². The zero-order valence-corrected chi connectivity index (χ0v) is 19.8. The van der Waals surface area contributed by atoms with Crippen LogP contribution >= 0.6 is 0 Å². The van der Waals surface area contributed by atoms with Gasteiger partial charge in [0.15, 0.2) is 5.60 Å². The number of nitrogens with one attached hydrogen (secondary N) is 1. The molecule has 0 spiro atoms. The van der Waals surface area contributed by atoms with E-state index in [1.54, 1.807) is 37.3 Å². The zero-order chi connectivity index (χ0) is 25.9. The smallest absolute Gasteiger partial charge is 0.251 e. The highest BCUT2D eigenvalue weighted by Gasteiger charge is 2.53. The van der Waals surface area contributed by atoms with Crippen LogP contribution < -0.4 is 10.1 Å². The number of aliphatic hydroxyl groups is 6. The average molecular weight is 492 g/mol. The number of aliphatic hydroxyl groups excluding tert-OH is 5. The fourth-order valence-corrected chi connectivity index (χ4v) is 3.85. The molecule has 1 fully saturated rings. The lowest BCUT2D eigenvalue weighted by Gasteiger charge is -2.45. The quantitative estimate of drug-likeness (QED) is 0.262. The Labute approximate surface area is 203 Å². The summed E-state index contributed by atoms with van der Waals surface area (Å²) in [5, 5.41) is 61.9. The number of amides is 1. The summed E-state index contributed by atoms with van der Waals surface area (Å²) in [6, 6.07) is 11.3. The monoisotopic (exact) mass is 491 g/mol. The van der Waals surface area contributed by atoms with Gasteiger partial charge in [-0.3, -0.25) is 4.79 Å². The van der Waals surface area contributed by atoms with Crippen molar-refractivity contribution in [2.24, 2.45) is 0 Å². The number of rotatable bonds is 8. The second-order valence-electron chi connectivity index (χ2n) is 9.03. The van der Waals surface area contributed by atoms with Gasteiger partial charge in [0.05, 0.1) is 25.4 Å². The van der Waals surface area contributed by atoms with Gasteiger partial charge in [-0.2, -0.15) is 0 Å². The van der Waals surface area contributed by atoms with Crippen LogP contribution in [0.4, 0.5) is 0 Å². The summed E-state index contributed by atoms with van der Waals surface area (Å²) in [6.07, 6.45) is -6.44. The number of hydrogen-bond acceptors (Lipinski definition) is 9. The Morgan fingerprint density at radius 1 is 1.17 bits per heavy atom. The lowest BCUT2D eigenvalue weighted by molar-refractivity contribution is -0.314. The van der Waals surface area contributed by atoms with Gasteiger partial charge in [0.2, 0.25) is 6.29 Å². The molecule has 0 radical (unpaired) electrons. The minimum absolute atomic E-state index is 0.355. The Morgan fingerprint density at radius 2 is 1.86 bits per heavy atom. The van der Waals surface area contributed by atoms with Crippen LogP contribution in [0.1, 0.15) is 29.8 Å². The van der Waals surface area contributed by atoms with Crippen LogP contribution in [-0.4, -0.2) is 92.1 Å². The molecule has 0 bridgehead atoms. The average Bonchev–Trinajstić information content (AvgIpc) is 2.83. The molecule has 1 saturated heterocycles. The molecule has 3 rings (SSSR count). The van der Waals surface area contributed by atoms with Crippen molar-refractivity contribution in [2.45, 2.75) is 63.1 Å². The van der Waals surface area contributed by atoms with Crippen LogP contribution in [0.3, 0.4) is 0 Å². The van der Waals surface area contributed by atoms with E-state index in [0.717, 1.165) is 11.1 Å². The molecule has 0 aromatic heterocycles. The van der Waals surface area contributed by atoms with Gasteiger partial charge in [0.1, 0.15) is 24.1 Å². The minimum atomic E-state index is -1.93. The molecule has 7 N–H and O–H groups in total. The number of aryl methyl sites for hydroxylation is 1. The molecule has 7 atom stereocenters. The van der Waals surface area contributed by atoms with Gasteiger partial charge in [-0.15, -0.1) is 0 Å². The van der Waals surface area contributed by atoms with Crippen molar-refractivity contribution in [3.05, 3.63) is 53.6 Å². The molecule has 2 aromatic carbocycles. The summed E-state index contributed by atoms with van der Waals surface area (Å²) >= 11 is 0. The van der Waals surface area contributed by atoms with E-state index in [9.17, 15) is 35.4 Å². The predicted molar refractivity (Wildman–Crippen MR) is 126 cm³/mol. The van der Waals surface area contributed by atoms with Crippen molar-refractivity contribution in [3.63, 3.8) is 0 Å². The molecule has 1 amide bonds. The van der Waals surface area contributed by atoms with E-state index in [-0.39, 0.29) is 0 Å². The van der Waals surface area contributed by atoms with Crippen LogP contribution in [0.2, 0.25) is 0 Å². The Morgan fingerprint density at radius 3 is 2.46 bits per heavy atom. The van der Waals surface area contributed by atoms with Gasteiger partial charge >= 0.3 is 0 Å². The van der Waals surface area contributed by atoms with Gasteiger partial charge in [-0.1, -0.05) is 18.2 Å². The molecule has 2 aromatic rings. The molecule has 10 heteroatoms. The highest BCUT2D eigenvalue weighted by molar-refractivity contribution is 5.95. The van der Waals surface area contributed by atoms with E-state index in [1.165, 1.54) is 13.8 Å². The Hall–Kier alpha value is -2.57. The number of ether oxygens (including phenoxy) is 2. The minimum Gasteiger partial charge on any atom is -0.461 e. The molecule has 10 nitrogen and oxygen atoms in total. The van der Waals surface area contributed by atoms with Crippen molar-refractivity contribution in [1.29, 1.82) is 0 Å². The lowest BCUT2D eigenvalue weighted by atomic mass is 9.88. The fourth-order valence-electron chi connectivity index (χ4n) is 3.85. The van der Waals surface area contributed by atoms with Gasteiger partial charge in [0, 0.05) is 5.56 Å². The SMILES string of the molecule is Cc1cc(-c2cccc(C(=O)N[C@@H](CO)[C@@H](C)O)c2)ccc1O[C@H]1O[C@H](CO)[C@@H](O)[C@H](O)[C@]1(C)O. The standard InChI is InChI=1S/C25H33NO9/c1-13-9-16(15-5-4-6-17(10-15)23(32)26-18(11-27)14(2)29)7-8-19(13)34-24-25(3,33)22(31)21(30)20(12-28)35-24/h4-10,14,18,20-22,24,27-31,33H,11-12H2,1-3H3,(H,26,32)/t14-,18+,20-,21-,22+,24+,25+/m1/s1. The van der Waals surface area contributed by atoms with Crippen molar-refractivity contribution in [2.75, 3.05) is 13.2 Å². The molecule has 1 aliphatic heterocycles. The molecule has 1 aliphatic rings. The molecule has 0 unspecified atom stereocenters. The number of benzene rings is 2. The largest absolute Gasteiger partial charge is 0.461 e. The van der Waals surface area contributed by atoms with Crippen molar-refractivity contribution >= 4 is 5.91 Å². The topological polar surface area (TPSA) is 169 Å². The Balaban J connectivity index is 1.80. The first-order valence-electron chi connectivity index (χ1n) is 11.3. The number of hydrogen-bond donors (Lipinski definition) is 7. The van der Waals surface area contributed by atoms with Gasteiger partial charge in [0.25, 0.3) is 5.91 Å². The Bertz CT molecular complexity index is 1030. The lowest BCUT2D eigenvalue weighted by Crippen LogP contribution is -2.66. The van der Waals surface area contributed by atoms with E-state index in [2.05, 4.69) is 5.32 Å². The summed E-state index contributed by atoms with van der Waals surface area (Å²) in [7, 11) is 0. The van der Waals surface area contributed by atoms with Gasteiger partial charge in [-0.25, -0.2) is 0 Å². The summed E-state index contributed by atoms with van der Waals surface area (Å²) in [4.78, 5) is 12.6. The van der Waals surface area contributed by atoms with E-state index in [1.807, 2.05) is 12.1 Å². The number of carbonyl (C=O) groups excluding carboxylic acids is 1. The van der Waals surface area contributed by atoms with Crippen molar-refractivity contribution < 1.29 is 44.9 Å². The summed E-state index contributed by atoms with van der Waals surface area (Å²) in [5.74, 6) is -0.0738. The maximum atomic E-state index is 12.6. The molecule has 0 aliphatic carbocycles. The molecular weight excluding hydrogens is 458 g/mol. The maximum absolute atomic E-state index is 12.6. The van der Waals surface area contributed by atoms with Crippen LogP contribution in [0.25, 0.3) is 11.1 Å². The molecule has 35 heavy (non-hydrogen) atoms. The maximum Gasteiger partial charge on any atom is 0.251 e. The fraction of sp³-hybridized carbons (Fsp3) is 0.480. The number of carbonyl (C=O) groups is 1. The van der Waals surface area contributed by atoms with Crippen LogP contribution in [0.15, 0.2) is 42.5 Å². The third-order valence-electron chi connectivity index (χ3n) is 6.22. The predicted octanol–water partition coefficient (Wildman–Crippen LogP) is -0.298. The molecular formula is C25H33NO9. The van der Waals surface area contributed by atoms with E-state index >= 15 is 0 Å². The zero-order valence-electron chi connectivity index (χ0n) is 19.8. The normalized spacial score (nSPS) is 28.3. The Kier molecular flexibility index (Phi) is 8.50. The summed E-state index contributed by atoms with van der Waals surface area (Å²) in [5.41, 5.74) is 0.612. The first-order chi connectivity index (χ1) is 16.5. The second kappa shape index (κ2) is 11.0.